The van der Waals surface area contributed by atoms with Crippen LogP contribution >= 0.6 is 43.2 Å². The highest BCUT2D eigenvalue weighted by Gasteiger charge is 2.15. The molecular weight excluding hydrogens is 338 g/mol. The van der Waals surface area contributed by atoms with E-state index in [1.54, 1.807) is 11.3 Å². The summed E-state index contributed by atoms with van der Waals surface area (Å²) in [5.41, 5.74) is 1.25. The molecule has 1 atom stereocenters. The minimum atomic E-state index is 0.256. The van der Waals surface area contributed by atoms with E-state index in [9.17, 15) is 0 Å². The lowest BCUT2D eigenvalue weighted by atomic mass is 10.1. The van der Waals surface area contributed by atoms with Crippen LogP contribution in [0, 0.1) is 12.3 Å². The first-order valence-corrected chi connectivity index (χ1v) is 7.20. The third-order valence-electron chi connectivity index (χ3n) is 2.02. The zero-order valence-electron chi connectivity index (χ0n) is 8.52. The van der Waals surface area contributed by atoms with Crippen LogP contribution in [0.5, 0.6) is 0 Å². The quantitative estimate of drug-likeness (QED) is 0.779. The summed E-state index contributed by atoms with van der Waals surface area (Å²) < 4.78 is 2.28. The molecular formula is C11H13Br2NS. The van der Waals surface area contributed by atoms with Gasteiger partial charge in [0.25, 0.3) is 0 Å². The molecule has 0 aliphatic carbocycles. The van der Waals surface area contributed by atoms with Crippen molar-refractivity contribution in [2.75, 3.05) is 6.54 Å². The van der Waals surface area contributed by atoms with Gasteiger partial charge in [-0.3, -0.25) is 0 Å². The predicted molar refractivity (Wildman–Crippen MR) is 74.2 cm³/mol. The maximum absolute atomic E-state index is 5.38. The zero-order valence-corrected chi connectivity index (χ0v) is 12.5. The molecule has 1 aromatic rings. The fourth-order valence-electron chi connectivity index (χ4n) is 1.32. The van der Waals surface area contributed by atoms with Gasteiger partial charge in [-0.15, -0.1) is 23.7 Å². The summed E-state index contributed by atoms with van der Waals surface area (Å²) in [5, 5.41) is 3.45. The summed E-state index contributed by atoms with van der Waals surface area (Å²) in [4.78, 5) is 0. The average molecular weight is 351 g/mol. The number of terminal acetylenes is 1. The highest BCUT2D eigenvalue weighted by Crippen LogP contribution is 2.36. The zero-order chi connectivity index (χ0) is 11.3. The van der Waals surface area contributed by atoms with Gasteiger partial charge in [0, 0.05) is 12.5 Å². The second kappa shape index (κ2) is 6.70. The van der Waals surface area contributed by atoms with E-state index in [-0.39, 0.29) is 6.04 Å². The topological polar surface area (TPSA) is 12.0 Å². The van der Waals surface area contributed by atoms with Crippen molar-refractivity contribution in [1.82, 2.24) is 5.32 Å². The molecule has 0 aliphatic rings. The van der Waals surface area contributed by atoms with Gasteiger partial charge in [0.2, 0.25) is 0 Å². The predicted octanol–water partition coefficient (Wildman–Crippen LogP) is 4.34. The van der Waals surface area contributed by atoms with E-state index >= 15 is 0 Å². The Labute approximate surface area is 112 Å². The lowest BCUT2D eigenvalue weighted by molar-refractivity contribution is 0.542. The van der Waals surface area contributed by atoms with Gasteiger partial charge in [0.15, 0.2) is 0 Å². The lowest BCUT2D eigenvalue weighted by Gasteiger charge is -2.15. The molecule has 0 fully saturated rings. The van der Waals surface area contributed by atoms with Gasteiger partial charge >= 0.3 is 0 Å². The first-order valence-electron chi connectivity index (χ1n) is 4.80. The third-order valence-corrected chi connectivity index (χ3v) is 4.41. The minimum absolute atomic E-state index is 0.256. The summed E-state index contributed by atoms with van der Waals surface area (Å²) in [7, 11) is 0. The van der Waals surface area contributed by atoms with Crippen molar-refractivity contribution < 1.29 is 0 Å². The first kappa shape index (κ1) is 13.2. The Balaban J connectivity index is 2.79. The van der Waals surface area contributed by atoms with E-state index in [1.807, 2.05) is 0 Å². The van der Waals surface area contributed by atoms with E-state index in [0.717, 1.165) is 27.0 Å². The fraction of sp³-hybridized carbons (Fsp3) is 0.455. The molecule has 0 saturated carbocycles. The highest BCUT2D eigenvalue weighted by atomic mass is 79.9. The molecule has 1 nitrogen and oxygen atoms in total. The number of hydrogen-bond acceptors (Lipinski definition) is 2. The van der Waals surface area contributed by atoms with Crippen molar-refractivity contribution in [2.45, 2.75) is 25.8 Å². The van der Waals surface area contributed by atoms with Crippen LogP contribution in [-0.4, -0.2) is 6.54 Å². The normalized spacial score (nSPS) is 12.4. The van der Waals surface area contributed by atoms with Gasteiger partial charge in [0.05, 0.1) is 7.57 Å². The largest absolute Gasteiger partial charge is 0.309 e. The molecule has 0 amide bonds. The van der Waals surface area contributed by atoms with Crippen LogP contribution in [0.1, 0.15) is 31.4 Å². The van der Waals surface area contributed by atoms with Crippen molar-refractivity contribution in [1.29, 1.82) is 0 Å². The molecule has 1 heterocycles. The molecule has 0 aliphatic heterocycles. The van der Waals surface area contributed by atoms with Crippen molar-refractivity contribution in [3.8, 4) is 12.3 Å². The van der Waals surface area contributed by atoms with E-state index in [1.165, 1.54) is 5.56 Å². The molecule has 82 valence electrons. The van der Waals surface area contributed by atoms with Gasteiger partial charge in [-0.2, -0.15) is 0 Å². The van der Waals surface area contributed by atoms with Crippen LogP contribution in [0.25, 0.3) is 0 Å². The highest BCUT2D eigenvalue weighted by molar-refractivity contribution is 9.12. The van der Waals surface area contributed by atoms with Crippen LogP contribution < -0.4 is 5.32 Å². The molecule has 0 radical (unpaired) electrons. The molecule has 0 spiro atoms. The smallest absolute Gasteiger partial charge is 0.0758 e. The van der Waals surface area contributed by atoms with E-state index in [4.69, 9.17) is 6.42 Å². The number of rotatable bonds is 5. The summed E-state index contributed by atoms with van der Waals surface area (Å²) in [6, 6.07) is 2.38. The maximum Gasteiger partial charge on any atom is 0.0758 e. The van der Waals surface area contributed by atoms with Gasteiger partial charge < -0.3 is 5.32 Å². The Morgan fingerprint density at radius 2 is 2.33 bits per heavy atom. The Bertz CT molecular complexity index is 354. The fourth-order valence-corrected chi connectivity index (χ4v) is 4.29. The Morgan fingerprint density at radius 1 is 1.60 bits per heavy atom. The second-order valence-corrected chi connectivity index (χ2v) is 6.94. The van der Waals surface area contributed by atoms with Crippen molar-refractivity contribution in [3.05, 3.63) is 19.2 Å². The summed E-state index contributed by atoms with van der Waals surface area (Å²) in [6.45, 7) is 3.14. The lowest BCUT2D eigenvalue weighted by Crippen LogP contribution is -2.21. The first-order chi connectivity index (χ1) is 7.19. The van der Waals surface area contributed by atoms with Gasteiger partial charge in [-0.25, -0.2) is 0 Å². The second-order valence-electron chi connectivity index (χ2n) is 3.19. The van der Waals surface area contributed by atoms with E-state index < -0.39 is 0 Å². The average Bonchev–Trinajstić information content (AvgIpc) is 2.52. The minimum Gasteiger partial charge on any atom is -0.309 e. The maximum atomic E-state index is 5.38. The molecule has 1 N–H and O–H groups in total. The Hall–Kier alpha value is 0.180. The standard InChI is InChI=1S/C11H13Br2NS/c1-3-5-9(14-6-4-2)8-7-10(12)15-11(8)13/h1,7,9,14H,4-6H2,2H3. The number of hydrogen-bond donors (Lipinski definition) is 1. The molecule has 0 aromatic carbocycles. The SMILES string of the molecule is C#CCC(NCCC)c1cc(Br)sc1Br. The summed E-state index contributed by atoms with van der Waals surface area (Å²) in [5.74, 6) is 2.72. The third kappa shape index (κ3) is 3.92. The Morgan fingerprint density at radius 3 is 2.80 bits per heavy atom. The number of thiophene rings is 1. The molecule has 0 saturated heterocycles. The van der Waals surface area contributed by atoms with Crippen molar-refractivity contribution in [3.63, 3.8) is 0 Å². The molecule has 1 unspecified atom stereocenters. The molecule has 4 heteroatoms. The number of nitrogens with one attached hydrogen (secondary N) is 1. The Kier molecular flexibility index (Phi) is 5.91. The molecule has 1 rings (SSSR count). The van der Waals surface area contributed by atoms with E-state index in [2.05, 4.69) is 56.1 Å². The van der Waals surface area contributed by atoms with Crippen LogP contribution in [-0.2, 0) is 0 Å². The van der Waals surface area contributed by atoms with Crippen LogP contribution in [0.4, 0.5) is 0 Å². The van der Waals surface area contributed by atoms with Gasteiger partial charge in [0.1, 0.15) is 0 Å². The van der Waals surface area contributed by atoms with Crippen LogP contribution in [0.3, 0.4) is 0 Å². The van der Waals surface area contributed by atoms with Crippen molar-refractivity contribution in [2.24, 2.45) is 0 Å². The van der Waals surface area contributed by atoms with Gasteiger partial charge in [-0.05, 0) is 56.5 Å². The van der Waals surface area contributed by atoms with Gasteiger partial charge in [-0.1, -0.05) is 6.92 Å². The van der Waals surface area contributed by atoms with Crippen LogP contribution in [0.2, 0.25) is 0 Å². The monoisotopic (exact) mass is 349 g/mol. The van der Waals surface area contributed by atoms with E-state index in [0.29, 0.717) is 0 Å². The molecule has 1 aromatic heterocycles. The molecule has 0 bridgehead atoms. The summed E-state index contributed by atoms with van der Waals surface area (Å²) in [6.07, 6.45) is 7.22. The summed E-state index contributed by atoms with van der Waals surface area (Å²) >= 11 is 8.72. The molecule has 15 heavy (non-hydrogen) atoms. The van der Waals surface area contributed by atoms with Crippen molar-refractivity contribution >= 4 is 43.2 Å². The van der Waals surface area contributed by atoms with Crippen LogP contribution in [0.15, 0.2) is 13.6 Å². The number of halogens is 2.